The van der Waals surface area contributed by atoms with E-state index < -0.39 is 69.0 Å². The van der Waals surface area contributed by atoms with Gasteiger partial charge in [0.15, 0.2) is 0 Å². The average molecular weight is 639 g/mol. The van der Waals surface area contributed by atoms with Crippen LogP contribution in [0.4, 0.5) is 22.7 Å². The summed E-state index contributed by atoms with van der Waals surface area (Å²) in [7, 11) is 1.44. The Morgan fingerprint density at radius 2 is 1.32 bits per heavy atom. The second kappa shape index (κ2) is 10.9. The number of hydrogen-bond acceptors (Lipinski definition) is 10. The Morgan fingerprint density at radius 1 is 0.745 bits per heavy atom. The largest absolute Gasteiger partial charge is 0.508 e. The van der Waals surface area contributed by atoms with Crippen molar-refractivity contribution in [2.75, 3.05) is 16.9 Å². The molecule has 2 heterocycles. The number of methoxy groups -OCH3 is 1. The molecule has 7 rings (SSSR count). The number of nitro groups is 2. The zero-order valence-electron chi connectivity index (χ0n) is 24.7. The van der Waals surface area contributed by atoms with E-state index in [0.29, 0.717) is 16.9 Å². The number of anilines is 2. The summed E-state index contributed by atoms with van der Waals surface area (Å²) in [6.07, 6.45) is 1.94. The van der Waals surface area contributed by atoms with Crippen molar-refractivity contribution in [3.8, 4) is 11.5 Å². The smallest absolute Gasteiger partial charge is 0.271 e. The molecule has 47 heavy (non-hydrogen) atoms. The number of hydrogen-bond donors (Lipinski definition) is 1. The minimum atomic E-state index is -1.03. The number of aromatic hydroxyl groups is 1. The SMILES string of the molecule is COc1ccc(O)c(C2C3=CCC4C(=O)N(c5cccc([N+](=O)[O-])c5)C(=O)C4C3CC3C(=O)N(c4cccc([N+](=O)[O-])c4)C(=O)C32)c1. The van der Waals surface area contributed by atoms with Gasteiger partial charge in [0.2, 0.25) is 23.6 Å². The Kier molecular flexibility index (Phi) is 6.88. The molecule has 14 nitrogen and oxygen atoms in total. The molecule has 238 valence electrons. The molecule has 14 heteroatoms. The Balaban J connectivity index is 1.34. The van der Waals surface area contributed by atoms with E-state index in [1.807, 2.05) is 0 Å². The van der Waals surface area contributed by atoms with Gasteiger partial charge in [-0.2, -0.15) is 0 Å². The van der Waals surface area contributed by atoms with Crippen LogP contribution in [0.5, 0.6) is 11.5 Å². The lowest BCUT2D eigenvalue weighted by atomic mass is 9.57. The van der Waals surface area contributed by atoms with Gasteiger partial charge in [-0.15, -0.1) is 0 Å². The van der Waals surface area contributed by atoms with Crippen LogP contribution in [0.3, 0.4) is 0 Å². The van der Waals surface area contributed by atoms with Gasteiger partial charge in [-0.25, -0.2) is 9.80 Å². The molecule has 1 N–H and O–H groups in total. The number of nitrogens with zero attached hydrogens (tertiary/aromatic N) is 4. The van der Waals surface area contributed by atoms with Gasteiger partial charge in [-0.05, 0) is 49.1 Å². The molecular weight excluding hydrogens is 612 g/mol. The Hall–Kier alpha value is -5.92. The molecule has 2 aliphatic heterocycles. The molecule has 6 atom stereocenters. The topological polar surface area (TPSA) is 190 Å². The highest BCUT2D eigenvalue weighted by atomic mass is 16.6. The van der Waals surface area contributed by atoms with Gasteiger partial charge in [0.05, 0.1) is 52.0 Å². The molecular formula is C33H26N4O10. The highest BCUT2D eigenvalue weighted by Crippen LogP contribution is 2.59. The first kappa shape index (κ1) is 29.8. The zero-order chi connectivity index (χ0) is 33.3. The summed E-state index contributed by atoms with van der Waals surface area (Å²) in [4.78, 5) is 79.8. The third-order valence-corrected chi connectivity index (χ3v) is 9.82. The normalized spacial score (nSPS) is 26.4. The predicted molar refractivity (Wildman–Crippen MR) is 163 cm³/mol. The summed E-state index contributed by atoms with van der Waals surface area (Å²) < 4.78 is 5.40. The molecule has 3 aromatic carbocycles. The van der Waals surface area contributed by atoms with Gasteiger partial charge in [0.1, 0.15) is 11.5 Å². The number of amides is 4. The fourth-order valence-corrected chi connectivity index (χ4v) is 7.85. The van der Waals surface area contributed by atoms with Gasteiger partial charge in [0.25, 0.3) is 11.4 Å². The van der Waals surface area contributed by atoms with Gasteiger partial charge in [-0.3, -0.25) is 39.4 Å². The van der Waals surface area contributed by atoms with Crippen molar-refractivity contribution in [1.82, 2.24) is 0 Å². The number of non-ortho nitro benzene ring substituents is 2. The number of benzene rings is 3. The Bertz CT molecular complexity index is 1960. The monoisotopic (exact) mass is 638 g/mol. The molecule has 0 radical (unpaired) electrons. The summed E-state index contributed by atoms with van der Waals surface area (Å²) in [6.45, 7) is 0. The molecule has 3 fully saturated rings. The Morgan fingerprint density at radius 3 is 1.89 bits per heavy atom. The summed E-state index contributed by atoms with van der Waals surface area (Å²) in [5, 5.41) is 34.1. The van der Waals surface area contributed by atoms with Crippen LogP contribution in [0.2, 0.25) is 0 Å². The van der Waals surface area contributed by atoms with E-state index >= 15 is 0 Å². The van der Waals surface area contributed by atoms with E-state index in [2.05, 4.69) is 0 Å². The van der Waals surface area contributed by atoms with Gasteiger partial charge in [0, 0.05) is 35.7 Å². The van der Waals surface area contributed by atoms with Gasteiger partial charge < -0.3 is 9.84 Å². The van der Waals surface area contributed by atoms with E-state index in [1.165, 1.54) is 55.6 Å². The highest BCUT2D eigenvalue weighted by molar-refractivity contribution is 6.24. The molecule has 4 amide bonds. The van der Waals surface area contributed by atoms with Crippen LogP contribution >= 0.6 is 0 Å². The van der Waals surface area contributed by atoms with Crippen LogP contribution in [0.15, 0.2) is 78.4 Å². The Labute approximate surface area is 266 Å². The number of carbonyl (C=O) groups is 4. The number of phenols is 1. The van der Waals surface area contributed by atoms with Crippen molar-refractivity contribution in [2.24, 2.45) is 29.6 Å². The third kappa shape index (κ3) is 4.47. The van der Waals surface area contributed by atoms with Crippen LogP contribution in [0.1, 0.15) is 24.3 Å². The molecule has 2 aliphatic carbocycles. The quantitative estimate of drug-likeness (QED) is 0.177. The first-order valence-corrected chi connectivity index (χ1v) is 14.8. The minimum Gasteiger partial charge on any atom is -0.508 e. The average Bonchev–Trinajstić information content (AvgIpc) is 3.47. The van der Waals surface area contributed by atoms with Crippen molar-refractivity contribution in [3.63, 3.8) is 0 Å². The van der Waals surface area contributed by atoms with Crippen molar-refractivity contribution < 1.29 is 38.9 Å². The highest BCUT2D eigenvalue weighted by Gasteiger charge is 2.62. The standard InChI is InChI=1S/C33H26N4O10/c1-47-20-8-11-26(38)24(14-20)27-21-9-10-22-28(32(41)34(30(22)39)16-4-2-6-18(12-16)36(43)44)23(21)15-25-29(27)33(42)35(31(25)40)17-5-3-7-19(13-17)37(45)46/h2-9,11-14,22-23,25,27-29,38H,10,15H2,1H3. The van der Waals surface area contributed by atoms with E-state index in [-0.39, 0.29) is 41.3 Å². The number of imide groups is 2. The molecule has 3 aromatic rings. The molecule has 0 spiro atoms. The first-order chi connectivity index (χ1) is 22.5. The summed E-state index contributed by atoms with van der Waals surface area (Å²) >= 11 is 0. The number of carbonyl (C=O) groups excluding carboxylic acids is 4. The molecule has 6 unspecified atom stereocenters. The van der Waals surface area contributed by atoms with E-state index in [0.717, 1.165) is 21.9 Å². The van der Waals surface area contributed by atoms with Crippen molar-refractivity contribution in [3.05, 3.63) is 104 Å². The molecule has 2 saturated heterocycles. The molecule has 1 saturated carbocycles. The van der Waals surface area contributed by atoms with Crippen molar-refractivity contribution in [1.29, 1.82) is 0 Å². The van der Waals surface area contributed by atoms with Gasteiger partial charge in [-0.1, -0.05) is 23.8 Å². The van der Waals surface area contributed by atoms with Gasteiger partial charge >= 0.3 is 0 Å². The van der Waals surface area contributed by atoms with Crippen molar-refractivity contribution >= 4 is 46.4 Å². The van der Waals surface area contributed by atoms with Crippen LogP contribution in [-0.2, 0) is 19.2 Å². The van der Waals surface area contributed by atoms with E-state index in [4.69, 9.17) is 4.74 Å². The maximum absolute atomic E-state index is 14.2. The third-order valence-electron chi connectivity index (χ3n) is 9.82. The lowest BCUT2D eigenvalue weighted by molar-refractivity contribution is -0.385. The van der Waals surface area contributed by atoms with E-state index in [9.17, 15) is 44.5 Å². The zero-order valence-corrected chi connectivity index (χ0v) is 24.7. The van der Waals surface area contributed by atoms with Crippen LogP contribution in [0, 0.1) is 49.8 Å². The molecule has 0 aromatic heterocycles. The lowest BCUT2D eigenvalue weighted by Crippen LogP contribution is -2.43. The number of fused-ring (bicyclic) bond motifs is 4. The molecule has 0 bridgehead atoms. The number of phenolic OH excluding ortho intramolecular Hbond substituents is 1. The summed E-state index contributed by atoms with van der Waals surface area (Å²) in [5.41, 5.74) is 0.390. The summed E-state index contributed by atoms with van der Waals surface area (Å²) in [5.74, 6) is -7.48. The number of nitro benzene ring substituents is 2. The molecule has 4 aliphatic rings. The maximum atomic E-state index is 14.2. The first-order valence-electron chi connectivity index (χ1n) is 14.8. The van der Waals surface area contributed by atoms with Crippen LogP contribution < -0.4 is 14.5 Å². The van der Waals surface area contributed by atoms with E-state index in [1.54, 1.807) is 12.1 Å². The fourth-order valence-electron chi connectivity index (χ4n) is 7.85. The maximum Gasteiger partial charge on any atom is 0.271 e. The number of rotatable bonds is 6. The lowest BCUT2D eigenvalue weighted by Gasteiger charge is -2.44. The second-order valence-corrected chi connectivity index (χ2v) is 12.0. The number of ether oxygens (including phenoxy) is 1. The van der Waals surface area contributed by atoms with Crippen molar-refractivity contribution in [2.45, 2.75) is 18.8 Å². The van der Waals surface area contributed by atoms with Crippen LogP contribution in [0.25, 0.3) is 0 Å². The predicted octanol–water partition coefficient (Wildman–Crippen LogP) is 4.26. The number of allylic oxidation sites excluding steroid dienone is 2. The second-order valence-electron chi connectivity index (χ2n) is 12.0. The fraction of sp³-hybridized carbons (Fsp3) is 0.273. The minimum absolute atomic E-state index is 0.0241. The summed E-state index contributed by atoms with van der Waals surface area (Å²) in [6, 6.07) is 14.9. The van der Waals surface area contributed by atoms with Crippen LogP contribution in [-0.4, -0.2) is 45.7 Å².